The number of sulfonamides is 1. The lowest BCUT2D eigenvalue weighted by Crippen LogP contribution is -2.56. The van der Waals surface area contributed by atoms with Crippen molar-refractivity contribution in [2.24, 2.45) is 5.41 Å². The Kier molecular flexibility index (Phi) is 3.72. The van der Waals surface area contributed by atoms with Crippen LogP contribution < -0.4 is 5.32 Å². The molecular formula is C15H18F2N2O3S. The van der Waals surface area contributed by atoms with Crippen molar-refractivity contribution >= 4 is 15.9 Å². The first-order chi connectivity index (χ1) is 10.7. The Balaban J connectivity index is 2.02. The molecule has 0 bridgehead atoms. The van der Waals surface area contributed by atoms with E-state index in [0.29, 0.717) is 12.1 Å². The van der Waals surface area contributed by atoms with Crippen LogP contribution >= 0.6 is 0 Å². The van der Waals surface area contributed by atoms with Crippen LogP contribution in [0.4, 0.5) is 8.78 Å². The van der Waals surface area contributed by atoms with Gasteiger partial charge in [0.2, 0.25) is 15.9 Å². The number of benzene rings is 1. The molecule has 0 radical (unpaired) electrons. The maximum atomic E-state index is 14.2. The fraction of sp³-hybridized carbons (Fsp3) is 0.533. The maximum Gasteiger partial charge on any atom is 0.262 e. The Morgan fingerprint density at radius 3 is 2.52 bits per heavy atom. The first-order valence-electron chi connectivity index (χ1n) is 7.38. The molecule has 2 heterocycles. The second-order valence-electron chi connectivity index (χ2n) is 6.36. The molecular weight excluding hydrogens is 326 g/mol. The van der Waals surface area contributed by atoms with E-state index in [1.54, 1.807) is 25.1 Å². The Morgan fingerprint density at radius 1 is 1.22 bits per heavy atom. The summed E-state index contributed by atoms with van der Waals surface area (Å²) in [5.41, 5.74) is -0.844. The van der Waals surface area contributed by atoms with Gasteiger partial charge < -0.3 is 5.32 Å². The summed E-state index contributed by atoms with van der Waals surface area (Å²) in [7, 11) is -4.08. The maximum absolute atomic E-state index is 14.2. The van der Waals surface area contributed by atoms with E-state index in [9.17, 15) is 22.0 Å². The van der Waals surface area contributed by atoms with Gasteiger partial charge in [-0.05, 0) is 25.0 Å². The number of carbonyl (C=O) groups excluding carboxylic acids is 1. The highest BCUT2D eigenvalue weighted by molar-refractivity contribution is 7.89. The average Bonchev–Trinajstić information content (AvgIpc) is 2.77. The predicted octanol–water partition coefficient (Wildman–Crippen LogP) is 1.53. The topological polar surface area (TPSA) is 66.5 Å². The average molecular weight is 344 g/mol. The van der Waals surface area contributed by atoms with E-state index in [2.05, 4.69) is 5.32 Å². The van der Waals surface area contributed by atoms with Crippen LogP contribution in [0.25, 0.3) is 0 Å². The second kappa shape index (κ2) is 5.24. The van der Waals surface area contributed by atoms with Gasteiger partial charge in [-0.1, -0.05) is 18.2 Å². The standard InChI is InChI=1S/C15H18F2N2O3S/c1-11-4-2-3-5-12(11)23(21,22)19-9-14(6-7-18-13(14)20)8-15(16,17)10-19/h2-5H,6-10H2,1H3,(H,18,20)/t14-/m1/s1. The number of rotatable bonds is 2. The Labute approximate surface area is 133 Å². The number of piperidine rings is 1. The number of nitrogens with one attached hydrogen (secondary N) is 1. The summed E-state index contributed by atoms with van der Waals surface area (Å²) in [5, 5.41) is 2.55. The summed E-state index contributed by atoms with van der Waals surface area (Å²) in [6.45, 7) is 0.823. The second-order valence-corrected chi connectivity index (χ2v) is 8.26. The van der Waals surface area contributed by atoms with Gasteiger partial charge in [0, 0.05) is 19.5 Å². The number of halogens is 2. The van der Waals surface area contributed by atoms with Crippen LogP contribution in [0.5, 0.6) is 0 Å². The third kappa shape index (κ3) is 2.74. The minimum atomic E-state index is -4.08. The number of nitrogens with zero attached hydrogens (tertiary/aromatic N) is 1. The third-order valence-electron chi connectivity index (χ3n) is 4.57. The summed E-state index contributed by atoms with van der Waals surface area (Å²) >= 11 is 0. The molecule has 0 saturated carbocycles. The summed E-state index contributed by atoms with van der Waals surface area (Å²) in [6.07, 6.45) is -0.382. The fourth-order valence-corrected chi connectivity index (χ4v) is 5.23. The highest BCUT2D eigenvalue weighted by atomic mass is 32.2. The first kappa shape index (κ1) is 16.3. The van der Waals surface area contributed by atoms with Crippen molar-refractivity contribution in [3.05, 3.63) is 29.8 Å². The van der Waals surface area contributed by atoms with Gasteiger partial charge in [-0.25, -0.2) is 17.2 Å². The van der Waals surface area contributed by atoms with Crippen molar-refractivity contribution < 1.29 is 22.0 Å². The highest BCUT2D eigenvalue weighted by Crippen LogP contribution is 2.44. The number of hydrogen-bond donors (Lipinski definition) is 1. The van der Waals surface area contributed by atoms with Gasteiger partial charge >= 0.3 is 0 Å². The van der Waals surface area contributed by atoms with Crippen LogP contribution in [0.3, 0.4) is 0 Å². The van der Waals surface area contributed by atoms with Gasteiger partial charge in [0.25, 0.3) is 5.92 Å². The van der Waals surface area contributed by atoms with Crippen molar-refractivity contribution in [1.29, 1.82) is 0 Å². The van der Waals surface area contributed by atoms with Crippen molar-refractivity contribution in [2.45, 2.75) is 30.6 Å². The third-order valence-corrected chi connectivity index (χ3v) is 6.52. The summed E-state index contributed by atoms with van der Waals surface area (Å²) in [5.74, 6) is -3.71. The largest absolute Gasteiger partial charge is 0.356 e. The number of aryl methyl sites for hydroxylation is 1. The molecule has 23 heavy (non-hydrogen) atoms. The quantitative estimate of drug-likeness (QED) is 0.885. The normalized spacial score (nSPS) is 28.0. The Hall–Kier alpha value is -1.54. The zero-order chi connectivity index (χ0) is 16.9. The van der Waals surface area contributed by atoms with Crippen molar-refractivity contribution in [3.8, 4) is 0 Å². The zero-order valence-electron chi connectivity index (χ0n) is 12.7. The van der Waals surface area contributed by atoms with Gasteiger partial charge in [-0.3, -0.25) is 4.79 Å². The van der Waals surface area contributed by atoms with Crippen LogP contribution in [-0.4, -0.2) is 44.2 Å². The molecule has 3 rings (SSSR count). The molecule has 2 fully saturated rings. The van der Waals surface area contributed by atoms with E-state index >= 15 is 0 Å². The van der Waals surface area contributed by atoms with Crippen molar-refractivity contribution in [1.82, 2.24) is 9.62 Å². The molecule has 1 N–H and O–H groups in total. The van der Waals surface area contributed by atoms with Gasteiger partial charge in [-0.15, -0.1) is 0 Å². The molecule has 0 aliphatic carbocycles. The fourth-order valence-electron chi connectivity index (χ4n) is 3.45. The van der Waals surface area contributed by atoms with E-state index in [4.69, 9.17) is 0 Å². The monoisotopic (exact) mass is 344 g/mol. The van der Waals surface area contributed by atoms with Crippen LogP contribution in [0.2, 0.25) is 0 Å². The van der Waals surface area contributed by atoms with Crippen molar-refractivity contribution in [2.75, 3.05) is 19.6 Å². The van der Waals surface area contributed by atoms with E-state index in [0.717, 1.165) is 4.31 Å². The molecule has 2 aliphatic rings. The van der Waals surface area contributed by atoms with Gasteiger partial charge in [-0.2, -0.15) is 4.31 Å². The van der Waals surface area contributed by atoms with Crippen molar-refractivity contribution in [3.63, 3.8) is 0 Å². The lowest BCUT2D eigenvalue weighted by Gasteiger charge is -2.41. The van der Waals surface area contributed by atoms with E-state index in [1.165, 1.54) is 6.07 Å². The smallest absolute Gasteiger partial charge is 0.262 e. The Bertz CT molecular complexity index is 751. The van der Waals surface area contributed by atoms with Crippen LogP contribution in [0.1, 0.15) is 18.4 Å². The molecule has 1 spiro atoms. The SMILES string of the molecule is Cc1ccccc1S(=O)(=O)N1CC(F)(F)C[C@]2(CCNC2=O)C1. The molecule has 1 atom stereocenters. The summed E-state index contributed by atoms with van der Waals surface area (Å²) in [4.78, 5) is 12.1. The van der Waals surface area contributed by atoms with Crippen LogP contribution in [-0.2, 0) is 14.8 Å². The molecule has 1 aromatic rings. The van der Waals surface area contributed by atoms with E-state index < -0.39 is 40.2 Å². The van der Waals surface area contributed by atoms with Crippen LogP contribution in [0, 0.1) is 12.3 Å². The number of alkyl halides is 2. The molecule has 2 aliphatic heterocycles. The van der Waals surface area contributed by atoms with Gasteiger partial charge in [0.1, 0.15) is 0 Å². The molecule has 1 amide bonds. The number of hydrogen-bond acceptors (Lipinski definition) is 3. The van der Waals surface area contributed by atoms with Gasteiger partial charge in [0.05, 0.1) is 16.9 Å². The zero-order valence-corrected chi connectivity index (χ0v) is 13.5. The Morgan fingerprint density at radius 2 is 1.91 bits per heavy atom. The molecule has 1 aromatic carbocycles. The van der Waals surface area contributed by atoms with Crippen LogP contribution in [0.15, 0.2) is 29.2 Å². The van der Waals surface area contributed by atoms with E-state index in [1.807, 2.05) is 0 Å². The van der Waals surface area contributed by atoms with Gasteiger partial charge in [0.15, 0.2) is 0 Å². The molecule has 8 heteroatoms. The minimum Gasteiger partial charge on any atom is -0.356 e. The predicted molar refractivity (Wildman–Crippen MR) is 79.6 cm³/mol. The molecule has 5 nitrogen and oxygen atoms in total. The lowest BCUT2D eigenvalue weighted by atomic mass is 9.78. The first-order valence-corrected chi connectivity index (χ1v) is 8.82. The highest BCUT2D eigenvalue weighted by Gasteiger charge is 2.57. The molecule has 0 aromatic heterocycles. The lowest BCUT2D eigenvalue weighted by molar-refractivity contribution is -0.142. The number of amides is 1. The summed E-state index contributed by atoms with van der Waals surface area (Å²) < 4.78 is 54.7. The molecule has 126 valence electrons. The number of carbonyl (C=O) groups is 1. The summed E-state index contributed by atoms with van der Waals surface area (Å²) in [6, 6.07) is 6.26. The van der Waals surface area contributed by atoms with E-state index in [-0.39, 0.29) is 17.9 Å². The molecule has 2 saturated heterocycles. The minimum absolute atomic E-state index is 0.00579. The molecule has 0 unspecified atom stereocenters.